The fourth-order valence-electron chi connectivity index (χ4n) is 3.08. The molecule has 0 fully saturated rings. The average molecular weight is 477 g/mol. The van der Waals surface area contributed by atoms with E-state index in [9.17, 15) is 4.79 Å². The third-order valence-electron chi connectivity index (χ3n) is 4.36. The number of rotatable bonds is 5. The van der Waals surface area contributed by atoms with E-state index in [0.29, 0.717) is 17.3 Å². The van der Waals surface area contributed by atoms with E-state index in [1.165, 1.54) is 0 Å². The van der Waals surface area contributed by atoms with E-state index in [0.717, 1.165) is 27.3 Å². The maximum Gasteiger partial charge on any atom is 0.291 e. The molecular formula is C20H19BrClN5O2. The minimum atomic E-state index is -0.315. The van der Waals surface area contributed by atoms with Gasteiger partial charge < -0.3 is 25.3 Å². The predicted octanol–water partition coefficient (Wildman–Crippen LogP) is 4.94. The summed E-state index contributed by atoms with van der Waals surface area (Å²) in [5, 5.41) is 10.1. The summed E-state index contributed by atoms with van der Waals surface area (Å²) in [4.78, 5) is 18.9. The van der Waals surface area contributed by atoms with Gasteiger partial charge in [-0.1, -0.05) is 11.6 Å². The first-order valence-electron chi connectivity index (χ1n) is 8.92. The smallest absolute Gasteiger partial charge is 0.291 e. The standard InChI is InChI=1S/C20H19BrClN5O2/c1-27(2)10-13-4-6-17(29-13)20(28)24-12-3-5-15(22)14(8-12)18-25-16-7-11(21)9-23-19(16)26-18/h3-9,18,25H,10H2,1-2H3,(H,23,26)(H,24,28). The Morgan fingerprint density at radius 1 is 1.28 bits per heavy atom. The number of hydrogen-bond acceptors (Lipinski definition) is 6. The van der Waals surface area contributed by atoms with Crippen molar-refractivity contribution in [3.63, 3.8) is 0 Å². The van der Waals surface area contributed by atoms with E-state index in [-0.39, 0.29) is 17.8 Å². The molecule has 1 aliphatic heterocycles. The van der Waals surface area contributed by atoms with Crippen LogP contribution in [0, 0.1) is 0 Å². The van der Waals surface area contributed by atoms with Gasteiger partial charge in [0, 0.05) is 26.9 Å². The van der Waals surface area contributed by atoms with Crippen molar-refractivity contribution in [2.75, 3.05) is 30.0 Å². The van der Waals surface area contributed by atoms with Crippen LogP contribution in [0.5, 0.6) is 0 Å². The van der Waals surface area contributed by atoms with Crippen LogP contribution in [-0.2, 0) is 6.54 Å². The number of benzene rings is 1. The van der Waals surface area contributed by atoms with Gasteiger partial charge in [0.05, 0.1) is 12.2 Å². The molecule has 9 heteroatoms. The highest BCUT2D eigenvalue weighted by atomic mass is 79.9. The highest BCUT2D eigenvalue weighted by molar-refractivity contribution is 9.10. The number of amides is 1. The molecule has 0 saturated carbocycles. The molecule has 29 heavy (non-hydrogen) atoms. The van der Waals surface area contributed by atoms with Crippen LogP contribution in [0.1, 0.15) is 28.0 Å². The van der Waals surface area contributed by atoms with Crippen LogP contribution in [0.4, 0.5) is 17.2 Å². The molecule has 2 aromatic heterocycles. The van der Waals surface area contributed by atoms with Crippen LogP contribution >= 0.6 is 27.5 Å². The van der Waals surface area contributed by atoms with Crippen molar-refractivity contribution >= 4 is 50.6 Å². The number of hydrogen-bond donors (Lipinski definition) is 3. The van der Waals surface area contributed by atoms with Crippen LogP contribution < -0.4 is 16.0 Å². The fourth-order valence-corrected chi connectivity index (χ4v) is 3.64. The Bertz CT molecular complexity index is 1070. The van der Waals surface area contributed by atoms with Crippen molar-refractivity contribution < 1.29 is 9.21 Å². The van der Waals surface area contributed by atoms with Crippen LogP contribution in [0.25, 0.3) is 0 Å². The van der Waals surface area contributed by atoms with Crippen LogP contribution in [-0.4, -0.2) is 29.9 Å². The van der Waals surface area contributed by atoms with E-state index < -0.39 is 0 Å². The maximum atomic E-state index is 12.5. The summed E-state index contributed by atoms with van der Waals surface area (Å²) in [6.07, 6.45) is 1.47. The minimum Gasteiger partial charge on any atom is -0.455 e. The van der Waals surface area contributed by atoms with Gasteiger partial charge in [0.25, 0.3) is 5.91 Å². The molecule has 1 unspecified atom stereocenters. The van der Waals surface area contributed by atoms with Crippen LogP contribution in [0.15, 0.2) is 51.5 Å². The fraction of sp³-hybridized carbons (Fsp3) is 0.200. The number of carbonyl (C=O) groups excluding carboxylic acids is 1. The molecule has 150 valence electrons. The number of aromatic nitrogens is 1. The predicted molar refractivity (Wildman–Crippen MR) is 117 cm³/mol. The first kappa shape index (κ1) is 19.8. The van der Waals surface area contributed by atoms with Gasteiger partial charge in [-0.25, -0.2) is 4.98 Å². The van der Waals surface area contributed by atoms with Crippen molar-refractivity contribution in [3.8, 4) is 0 Å². The zero-order valence-corrected chi connectivity index (χ0v) is 18.1. The van der Waals surface area contributed by atoms with Crippen molar-refractivity contribution in [2.45, 2.75) is 12.7 Å². The molecule has 1 aliphatic rings. The van der Waals surface area contributed by atoms with Crippen molar-refractivity contribution in [2.24, 2.45) is 0 Å². The SMILES string of the molecule is CN(C)Cc1ccc(C(=O)Nc2ccc(Cl)c(C3Nc4cc(Br)cnc4N3)c2)o1. The van der Waals surface area contributed by atoms with Gasteiger partial charge in [-0.2, -0.15) is 0 Å². The summed E-state index contributed by atoms with van der Waals surface area (Å²) < 4.78 is 6.50. The minimum absolute atomic E-state index is 0.258. The molecule has 0 radical (unpaired) electrons. The Morgan fingerprint density at radius 3 is 2.90 bits per heavy atom. The monoisotopic (exact) mass is 475 g/mol. The molecular weight excluding hydrogens is 458 g/mol. The molecule has 1 aromatic carbocycles. The maximum absolute atomic E-state index is 12.5. The van der Waals surface area contributed by atoms with Crippen molar-refractivity contribution in [3.05, 3.63) is 69.2 Å². The first-order chi connectivity index (χ1) is 13.9. The number of fused-ring (bicyclic) bond motifs is 1. The Hall–Kier alpha value is -2.55. The lowest BCUT2D eigenvalue weighted by Gasteiger charge is -2.16. The van der Waals surface area contributed by atoms with E-state index in [2.05, 4.69) is 36.9 Å². The first-order valence-corrected chi connectivity index (χ1v) is 10.1. The summed E-state index contributed by atoms with van der Waals surface area (Å²) in [5.41, 5.74) is 2.29. The number of halogens is 2. The quantitative estimate of drug-likeness (QED) is 0.484. The van der Waals surface area contributed by atoms with E-state index in [1.54, 1.807) is 30.5 Å². The molecule has 7 nitrogen and oxygen atoms in total. The van der Waals surface area contributed by atoms with E-state index in [4.69, 9.17) is 16.0 Å². The van der Waals surface area contributed by atoms with Crippen molar-refractivity contribution in [1.82, 2.24) is 9.88 Å². The van der Waals surface area contributed by atoms with Crippen molar-refractivity contribution in [1.29, 1.82) is 0 Å². The molecule has 1 atom stereocenters. The van der Waals surface area contributed by atoms with Gasteiger partial charge >= 0.3 is 0 Å². The largest absolute Gasteiger partial charge is 0.455 e. The summed E-state index contributed by atoms with van der Waals surface area (Å²) in [6.45, 7) is 0.627. The summed E-state index contributed by atoms with van der Waals surface area (Å²) in [6, 6.07) is 10.8. The Balaban J connectivity index is 1.50. The van der Waals surface area contributed by atoms with Gasteiger partial charge in [0.2, 0.25) is 0 Å². The third-order valence-corrected chi connectivity index (χ3v) is 5.14. The van der Waals surface area contributed by atoms with E-state index in [1.807, 2.05) is 31.1 Å². The second kappa shape index (κ2) is 8.06. The molecule has 3 heterocycles. The van der Waals surface area contributed by atoms with Gasteiger partial charge in [-0.05, 0) is 66.4 Å². The molecule has 0 saturated heterocycles. The zero-order valence-electron chi connectivity index (χ0n) is 15.8. The topological polar surface area (TPSA) is 82.4 Å². The summed E-state index contributed by atoms with van der Waals surface area (Å²) >= 11 is 9.83. The number of nitrogens with one attached hydrogen (secondary N) is 3. The molecule has 0 spiro atoms. The van der Waals surface area contributed by atoms with E-state index >= 15 is 0 Å². The Morgan fingerprint density at radius 2 is 2.10 bits per heavy atom. The second-order valence-corrected chi connectivity index (χ2v) is 8.29. The number of furan rings is 1. The molecule has 0 aliphatic carbocycles. The van der Waals surface area contributed by atoms with Gasteiger partial charge in [0.1, 0.15) is 11.9 Å². The average Bonchev–Trinajstić information content (AvgIpc) is 3.29. The lowest BCUT2D eigenvalue weighted by Crippen LogP contribution is -2.15. The van der Waals surface area contributed by atoms with Gasteiger partial charge in [0.15, 0.2) is 11.6 Å². The number of anilines is 3. The second-order valence-electron chi connectivity index (χ2n) is 6.97. The Labute approximate surface area is 181 Å². The number of carbonyl (C=O) groups is 1. The van der Waals surface area contributed by atoms with Crippen LogP contribution in [0.2, 0.25) is 5.02 Å². The highest BCUT2D eigenvalue weighted by Gasteiger charge is 2.24. The number of pyridine rings is 1. The number of nitrogens with zero attached hydrogens (tertiary/aromatic N) is 2. The third kappa shape index (κ3) is 4.39. The lowest BCUT2D eigenvalue weighted by atomic mass is 10.1. The molecule has 3 N–H and O–H groups in total. The summed E-state index contributed by atoms with van der Waals surface area (Å²) in [5.74, 6) is 1.42. The molecule has 4 rings (SSSR count). The highest BCUT2D eigenvalue weighted by Crippen LogP contribution is 2.38. The normalized spacial score (nSPS) is 15.0. The zero-order chi connectivity index (χ0) is 20.5. The molecule has 3 aromatic rings. The van der Waals surface area contributed by atoms with Gasteiger partial charge in [-0.15, -0.1) is 0 Å². The molecule has 0 bridgehead atoms. The Kier molecular flexibility index (Phi) is 5.49. The molecule has 1 amide bonds. The van der Waals surface area contributed by atoms with Crippen LogP contribution in [0.3, 0.4) is 0 Å². The summed E-state index contributed by atoms with van der Waals surface area (Å²) in [7, 11) is 3.88. The van der Waals surface area contributed by atoms with Gasteiger partial charge in [-0.3, -0.25) is 4.79 Å². The lowest BCUT2D eigenvalue weighted by molar-refractivity contribution is 0.0993.